The minimum absolute atomic E-state index is 0.0984. The van der Waals surface area contributed by atoms with Gasteiger partial charge in [-0.3, -0.25) is 4.79 Å². The molecule has 1 aromatic heterocycles. The van der Waals surface area contributed by atoms with Crippen molar-refractivity contribution >= 4 is 11.7 Å². The van der Waals surface area contributed by atoms with Crippen LogP contribution in [0.25, 0.3) is 11.3 Å². The second kappa shape index (κ2) is 8.27. The van der Waals surface area contributed by atoms with Crippen molar-refractivity contribution in [2.45, 2.75) is 27.7 Å². The summed E-state index contributed by atoms with van der Waals surface area (Å²) < 4.78 is 0. The van der Waals surface area contributed by atoms with Crippen molar-refractivity contribution in [1.82, 2.24) is 15.1 Å². The van der Waals surface area contributed by atoms with E-state index in [1.54, 1.807) is 0 Å². The van der Waals surface area contributed by atoms with Crippen LogP contribution in [0.1, 0.15) is 32.6 Å². The maximum atomic E-state index is 12.7. The van der Waals surface area contributed by atoms with Crippen molar-refractivity contribution in [2.75, 3.05) is 31.1 Å². The van der Waals surface area contributed by atoms with Crippen molar-refractivity contribution in [3.8, 4) is 11.3 Å². The average Bonchev–Trinajstić information content (AvgIpc) is 2.77. The number of hydrogen-bond donors (Lipinski definition) is 0. The Balaban J connectivity index is 1.42. The van der Waals surface area contributed by atoms with Crippen molar-refractivity contribution in [3.63, 3.8) is 0 Å². The molecule has 0 unspecified atom stereocenters. The standard InChI is InChI=1S/C25H28N4O/c1-17-5-7-21(8-6-17)25(30)29-13-11-28(12-14-29)24-10-9-23(26-27-24)22-16-19(3)18(2)15-20(22)4/h5-10,15-16H,11-14H2,1-4H3. The molecule has 4 rings (SSSR count). The van der Waals surface area contributed by atoms with E-state index in [9.17, 15) is 4.79 Å². The number of piperazine rings is 1. The molecule has 2 heterocycles. The number of benzene rings is 2. The van der Waals surface area contributed by atoms with E-state index >= 15 is 0 Å². The van der Waals surface area contributed by atoms with Gasteiger partial charge in [0.1, 0.15) is 0 Å². The summed E-state index contributed by atoms with van der Waals surface area (Å²) in [7, 11) is 0. The fourth-order valence-corrected chi connectivity index (χ4v) is 3.89. The van der Waals surface area contributed by atoms with E-state index in [0.29, 0.717) is 13.1 Å². The van der Waals surface area contributed by atoms with Gasteiger partial charge >= 0.3 is 0 Å². The molecule has 1 saturated heterocycles. The Morgan fingerprint density at radius 2 is 1.43 bits per heavy atom. The predicted octanol–water partition coefficient (Wildman–Crippen LogP) is 4.34. The maximum Gasteiger partial charge on any atom is 0.253 e. The van der Waals surface area contributed by atoms with Crippen LogP contribution in [0.3, 0.4) is 0 Å². The molecule has 5 heteroatoms. The topological polar surface area (TPSA) is 49.3 Å². The summed E-state index contributed by atoms with van der Waals surface area (Å²) >= 11 is 0. The van der Waals surface area contributed by atoms with Crippen LogP contribution in [0.4, 0.5) is 5.82 Å². The van der Waals surface area contributed by atoms with E-state index in [0.717, 1.165) is 41.3 Å². The largest absolute Gasteiger partial charge is 0.352 e. The van der Waals surface area contributed by atoms with E-state index in [1.165, 1.54) is 16.7 Å². The van der Waals surface area contributed by atoms with Crippen molar-refractivity contribution in [1.29, 1.82) is 0 Å². The number of rotatable bonds is 3. The Labute approximate surface area is 178 Å². The molecule has 1 fully saturated rings. The molecule has 5 nitrogen and oxygen atoms in total. The maximum absolute atomic E-state index is 12.7. The van der Waals surface area contributed by atoms with Crippen LogP contribution < -0.4 is 4.90 Å². The Kier molecular flexibility index (Phi) is 5.53. The quantitative estimate of drug-likeness (QED) is 0.656. The van der Waals surface area contributed by atoms with Crippen molar-refractivity contribution < 1.29 is 4.79 Å². The third-order valence-electron chi connectivity index (χ3n) is 5.96. The molecule has 30 heavy (non-hydrogen) atoms. The predicted molar refractivity (Wildman–Crippen MR) is 121 cm³/mol. The normalized spacial score (nSPS) is 14.1. The number of anilines is 1. The summed E-state index contributed by atoms with van der Waals surface area (Å²) in [6, 6.07) is 16.2. The van der Waals surface area contributed by atoms with E-state index in [4.69, 9.17) is 0 Å². The summed E-state index contributed by atoms with van der Waals surface area (Å²) in [5.74, 6) is 0.962. The number of aryl methyl sites for hydroxylation is 4. The van der Waals surface area contributed by atoms with Crippen LogP contribution in [0.5, 0.6) is 0 Å². The highest BCUT2D eigenvalue weighted by Gasteiger charge is 2.23. The zero-order valence-electron chi connectivity index (χ0n) is 18.1. The molecule has 0 spiro atoms. The molecule has 1 aliphatic rings. The lowest BCUT2D eigenvalue weighted by Gasteiger charge is -2.35. The van der Waals surface area contributed by atoms with Gasteiger partial charge in [-0.1, -0.05) is 23.8 Å². The third-order valence-corrected chi connectivity index (χ3v) is 5.96. The van der Waals surface area contributed by atoms with Crippen LogP contribution >= 0.6 is 0 Å². The van der Waals surface area contributed by atoms with Crippen LogP contribution in [0, 0.1) is 27.7 Å². The fourth-order valence-electron chi connectivity index (χ4n) is 3.89. The molecule has 2 aromatic carbocycles. The Morgan fingerprint density at radius 3 is 2.07 bits per heavy atom. The Bertz CT molecular complexity index is 1050. The van der Waals surface area contributed by atoms with Crippen LogP contribution in [-0.4, -0.2) is 47.2 Å². The van der Waals surface area contributed by atoms with Gasteiger partial charge in [-0.25, -0.2) is 0 Å². The number of nitrogens with zero attached hydrogens (tertiary/aromatic N) is 4. The van der Waals surface area contributed by atoms with Gasteiger partial charge in [0.05, 0.1) is 5.69 Å². The van der Waals surface area contributed by atoms with E-state index in [1.807, 2.05) is 48.2 Å². The van der Waals surface area contributed by atoms with Crippen LogP contribution in [0.15, 0.2) is 48.5 Å². The minimum atomic E-state index is 0.0984. The van der Waals surface area contributed by atoms with E-state index in [-0.39, 0.29) is 5.91 Å². The average molecular weight is 401 g/mol. The lowest BCUT2D eigenvalue weighted by molar-refractivity contribution is 0.0746. The first-order valence-electron chi connectivity index (χ1n) is 10.5. The van der Waals surface area contributed by atoms with Crippen molar-refractivity contribution in [3.05, 3.63) is 76.3 Å². The molecule has 154 valence electrons. The van der Waals surface area contributed by atoms with E-state index in [2.05, 4.69) is 48.0 Å². The van der Waals surface area contributed by atoms with Gasteiger partial charge in [0.25, 0.3) is 5.91 Å². The van der Waals surface area contributed by atoms with Gasteiger partial charge < -0.3 is 9.80 Å². The van der Waals surface area contributed by atoms with Gasteiger partial charge in [0.15, 0.2) is 5.82 Å². The third kappa shape index (κ3) is 4.06. The first kappa shape index (κ1) is 20.1. The molecule has 0 radical (unpaired) electrons. The molecule has 0 aliphatic carbocycles. The molecule has 1 aliphatic heterocycles. The summed E-state index contributed by atoms with van der Waals surface area (Å²) in [6.45, 7) is 11.3. The van der Waals surface area contributed by atoms with Crippen molar-refractivity contribution in [2.24, 2.45) is 0 Å². The highest BCUT2D eigenvalue weighted by Crippen LogP contribution is 2.25. The number of hydrogen-bond acceptors (Lipinski definition) is 4. The highest BCUT2D eigenvalue weighted by atomic mass is 16.2. The zero-order valence-corrected chi connectivity index (χ0v) is 18.1. The van der Waals surface area contributed by atoms with Gasteiger partial charge in [0.2, 0.25) is 0 Å². The summed E-state index contributed by atoms with van der Waals surface area (Å²) in [5.41, 5.74) is 7.70. The first-order valence-corrected chi connectivity index (χ1v) is 10.5. The highest BCUT2D eigenvalue weighted by molar-refractivity contribution is 5.94. The number of amides is 1. The molecule has 0 atom stereocenters. The summed E-state index contributed by atoms with van der Waals surface area (Å²) in [4.78, 5) is 16.8. The molecule has 0 saturated carbocycles. The van der Waals surface area contributed by atoms with Gasteiger partial charge in [0, 0.05) is 37.3 Å². The zero-order chi connectivity index (χ0) is 21.3. The number of carbonyl (C=O) groups is 1. The van der Waals surface area contributed by atoms with Gasteiger partial charge in [-0.2, -0.15) is 0 Å². The smallest absolute Gasteiger partial charge is 0.253 e. The lowest BCUT2D eigenvalue weighted by atomic mass is 9.99. The Morgan fingerprint density at radius 1 is 0.767 bits per heavy atom. The Hall–Kier alpha value is -3.21. The molecule has 1 amide bonds. The van der Waals surface area contributed by atoms with Gasteiger partial charge in [-0.05, 0) is 74.7 Å². The summed E-state index contributed by atoms with van der Waals surface area (Å²) in [6.07, 6.45) is 0. The second-order valence-electron chi connectivity index (χ2n) is 8.17. The first-order chi connectivity index (χ1) is 14.4. The van der Waals surface area contributed by atoms with Crippen LogP contribution in [0.2, 0.25) is 0 Å². The molecular formula is C25H28N4O. The minimum Gasteiger partial charge on any atom is -0.352 e. The molecule has 0 bridgehead atoms. The fraction of sp³-hybridized carbons (Fsp3) is 0.320. The second-order valence-corrected chi connectivity index (χ2v) is 8.17. The van der Waals surface area contributed by atoms with E-state index < -0.39 is 0 Å². The number of carbonyl (C=O) groups excluding carboxylic acids is 1. The molecular weight excluding hydrogens is 372 g/mol. The van der Waals surface area contributed by atoms with Crippen LogP contribution in [-0.2, 0) is 0 Å². The molecule has 3 aromatic rings. The number of aromatic nitrogens is 2. The molecule has 0 N–H and O–H groups in total. The SMILES string of the molecule is Cc1ccc(C(=O)N2CCN(c3ccc(-c4cc(C)c(C)cc4C)nn3)CC2)cc1. The van der Waals surface area contributed by atoms with Gasteiger partial charge in [-0.15, -0.1) is 10.2 Å². The lowest BCUT2D eigenvalue weighted by Crippen LogP contribution is -2.49. The summed E-state index contributed by atoms with van der Waals surface area (Å²) in [5, 5.41) is 8.98. The monoisotopic (exact) mass is 400 g/mol.